The Bertz CT molecular complexity index is 650. The van der Waals surface area contributed by atoms with Crippen LogP contribution in [0.3, 0.4) is 0 Å². The summed E-state index contributed by atoms with van der Waals surface area (Å²) in [7, 11) is 1.72. The molecule has 0 bridgehead atoms. The quantitative estimate of drug-likeness (QED) is 0.917. The van der Waals surface area contributed by atoms with Crippen LogP contribution in [0.4, 0.5) is 5.13 Å². The molecule has 0 atom stereocenters. The molecule has 0 spiro atoms. The van der Waals surface area contributed by atoms with Crippen LogP contribution in [0.15, 0.2) is 6.07 Å². The maximum absolute atomic E-state index is 5.44. The van der Waals surface area contributed by atoms with E-state index in [9.17, 15) is 0 Å². The van der Waals surface area contributed by atoms with Gasteiger partial charge < -0.3 is 14.8 Å². The van der Waals surface area contributed by atoms with Gasteiger partial charge in [0.05, 0.1) is 30.5 Å². The van der Waals surface area contributed by atoms with E-state index in [1.807, 2.05) is 0 Å². The number of benzene rings is 1. The molecule has 0 aliphatic carbocycles. The third-order valence-electron chi connectivity index (χ3n) is 4.23. The molecule has 1 aliphatic rings. The second-order valence-corrected chi connectivity index (χ2v) is 6.61. The average molecular weight is 321 g/mol. The maximum atomic E-state index is 5.44. The molecule has 22 heavy (non-hydrogen) atoms. The van der Waals surface area contributed by atoms with Gasteiger partial charge in [-0.05, 0) is 31.0 Å². The fourth-order valence-electron chi connectivity index (χ4n) is 2.72. The number of methoxy groups -OCH3 is 1. The maximum Gasteiger partial charge on any atom is 0.183 e. The predicted molar refractivity (Wildman–Crippen MR) is 91.4 cm³/mol. The molecule has 0 radical (unpaired) electrons. The van der Waals surface area contributed by atoms with E-state index in [-0.39, 0.29) is 0 Å². The summed E-state index contributed by atoms with van der Waals surface area (Å²) in [5.41, 5.74) is 3.45. The van der Waals surface area contributed by atoms with Gasteiger partial charge in [0, 0.05) is 26.2 Å². The van der Waals surface area contributed by atoms with Crippen molar-refractivity contribution in [3.8, 4) is 5.75 Å². The lowest BCUT2D eigenvalue weighted by molar-refractivity contribution is 0.0398. The van der Waals surface area contributed by atoms with Crippen molar-refractivity contribution in [1.82, 2.24) is 9.88 Å². The second-order valence-electron chi connectivity index (χ2n) is 5.58. The van der Waals surface area contributed by atoms with Gasteiger partial charge in [0.2, 0.25) is 0 Å². The van der Waals surface area contributed by atoms with E-state index in [2.05, 4.69) is 30.1 Å². The number of hydrogen-bond acceptors (Lipinski definition) is 6. The van der Waals surface area contributed by atoms with Crippen LogP contribution in [0.2, 0.25) is 0 Å². The Morgan fingerprint density at radius 3 is 2.82 bits per heavy atom. The molecule has 0 amide bonds. The van der Waals surface area contributed by atoms with Gasteiger partial charge in [-0.25, -0.2) is 4.98 Å². The van der Waals surface area contributed by atoms with E-state index >= 15 is 0 Å². The lowest BCUT2D eigenvalue weighted by Crippen LogP contribution is -2.38. The molecule has 1 aliphatic heterocycles. The fraction of sp³-hybridized carbons (Fsp3) is 0.562. The number of nitrogens with one attached hydrogen (secondary N) is 1. The number of morpholine rings is 1. The number of rotatable bonds is 5. The highest BCUT2D eigenvalue weighted by Gasteiger charge is 2.13. The van der Waals surface area contributed by atoms with E-state index in [1.165, 1.54) is 15.8 Å². The average Bonchev–Trinajstić information content (AvgIpc) is 2.95. The number of hydrogen-bond donors (Lipinski definition) is 1. The minimum Gasteiger partial charge on any atom is -0.496 e. The van der Waals surface area contributed by atoms with Crippen molar-refractivity contribution in [2.24, 2.45) is 0 Å². The lowest BCUT2D eigenvalue weighted by atomic mass is 10.1. The first kappa shape index (κ1) is 15.5. The highest BCUT2D eigenvalue weighted by molar-refractivity contribution is 7.22. The summed E-state index contributed by atoms with van der Waals surface area (Å²) in [4.78, 5) is 7.16. The molecule has 2 heterocycles. The highest BCUT2D eigenvalue weighted by Crippen LogP contribution is 2.34. The Kier molecular flexibility index (Phi) is 4.81. The van der Waals surface area contributed by atoms with Gasteiger partial charge in [-0.1, -0.05) is 11.3 Å². The summed E-state index contributed by atoms with van der Waals surface area (Å²) >= 11 is 1.69. The van der Waals surface area contributed by atoms with Crippen molar-refractivity contribution in [2.45, 2.75) is 13.8 Å². The van der Waals surface area contributed by atoms with E-state index in [1.54, 1.807) is 18.4 Å². The summed E-state index contributed by atoms with van der Waals surface area (Å²) in [6.07, 6.45) is 0. The zero-order chi connectivity index (χ0) is 15.5. The summed E-state index contributed by atoms with van der Waals surface area (Å²) < 4.78 is 12.0. The van der Waals surface area contributed by atoms with Gasteiger partial charge in [-0.3, -0.25) is 4.90 Å². The van der Waals surface area contributed by atoms with Crippen LogP contribution in [-0.4, -0.2) is 56.4 Å². The molecule has 1 saturated heterocycles. The summed E-state index contributed by atoms with van der Waals surface area (Å²) in [6.45, 7) is 9.87. The Morgan fingerprint density at radius 1 is 1.32 bits per heavy atom. The van der Waals surface area contributed by atoms with E-state index in [0.717, 1.165) is 55.8 Å². The lowest BCUT2D eigenvalue weighted by Gasteiger charge is -2.26. The first-order valence-corrected chi connectivity index (χ1v) is 8.49. The van der Waals surface area contributed by atoms with Gasteiger partial charge in [0.25, 0.3) is 0 Å². The number of aryl methyl sites for hydroxylation is 1. The third-order valence-corrected chi connectivity index (χ3v) is 5.19. The summed E-state index contributed by atoms with van der Waals surface area (Å²) in [6, 6.07) is 2.09. The number of nitrogens with zero attached hydrogens (tertiary/aromatic N) is 2. The number of ether oxygens (including phenoxy) is 2. The standard InChI is InChI=1S/C16H23N3O2S/c1-11-12(2)15-14(10-13(11)20-3)22-16(18-15)17-4-5-19-6-8-21-9-7-19/h10H,4-9H2,1-3H3,(H,17,18). The molecule has 1 aromatic heterocycles. The van der Waals surface area contributed by atoms with Crippen molar-refractivity contribution < 1.29 is 9.47 Å². The molecule has 5 nitrogen and oxygen atoms in total. The third kappa shape index (κ3) is 3.19. The zero-order valence-corrected chi connectivity index (χ0v) is 14.3. The summed E-state index contributed by atoms with van der Waals surface area (Å²) in [5.74, 6) is 0.938. The highest BCUT2D eigenvalue weighted by atomic mass is 32.1. The molecule has 0 saturated carbocycles. The molecular formula is C16H23N3O2S. The number of anilines is 1. The molecule has 6 heteroatoms. The van der Waals surface area contributed by atoms with Gasteiger partial charge >= 0.3 is 0 Å². The topological polar surface area (TPSA) is 46.6 Å². The Balaban J connectivity index is 1.68. The van der Waals surface area contributed by atoms with Crippen molar-refractivity contribution in [1.29, 1.82) is 0 Å². The van der Waals surface area contributed by atoms with Gasteiger partial charge in [0.15, 0.2) is 5.13 Å². The Labute approximate surface area is 135 Å². The van der Waals surface area contributed by atoms with Crippen LogP contribution in [0.25, 0.3) is 10.2 Å². The minimum atomic E-state index is 0.847. The van der Waals surface area contributed by atoms with Crippen molar-refractivity contribution in [3.05, 3.63) is 17.2 Å². The molecule has 120 valence electrons. The van der Waals surface area contributed by atoms with Crippen molar-refractivity contribution >= 4 is 26.7 Å². The van der Waals surface area contributed by atoms with Crippen LogP contribution in [0.1, 0.15) is 11.1 Å². The van der Waals surface area contributed by atoms with E-state index < -0.39 is 0 Å². The molecule has 0 unspecified atom stereocenters. The molecular weight excluding hydrogens is 298 g/mol. The number of thiazole rings is 1. The molecule has 2 aromatic rings. The smallest absolute Gasteiger partial charge is 0.183 e. The Hall–Kier alpha value is -1.37. The second kappa shape index (κ2) is 6.81. The normalized spacial score (nSPS) is 16.1. The van der Waals surface area contributed by atoms with Crippen LogP contribution >= 0.6 is 11.3 Å². The van der Waals surface area contributed by atoms with Gasteiger partial charge in [-0.2, -0.15) is 0 Å². The van der Waals surface area contributed by atoms with Gasteiger partial charge in [-0.15, -0.1) is 0 Å². The predicted octanol–water partition coefficient (Wildman–Crippen LogP) is 2.67. The van der Waals surface area contributed by atoms with Crippen LogP contribution in [0.5, 0.6) is 5.75 Å². The fourth-order valence-corrected chi connectivity index (χ4v) is 3.70. The van der Waals surface area contributed by atoms with Crippen molar-refractivity contribution in [2.75, 3.05) is 51.8 Å². The zero-order valence-electron chi connectivity index (χ0n) is 13.4. The Morgan fingerprint density at radius 2 is 2.09 bits per heavy atom. The molecule has 1 fully saturated rings. The monoisotopic (exact) mass is 321 g/mol. The van der Waals surface area contributed by atoms with E-state index in [4.69, 9.17) is 14.5 Å². The molecule has 1 N–H and O–H groups in total. The van der Waals surface area contributed by atoms with Gasteiger partial charge in [0.1, 0.15) is 5.75 Å². The van der Waals surface area contributed by atoms with Crippen LogP contribution < -0.4 is 10.1 Å². The SMILES string of the molecule is COc1cc2sc(NCCN3CCOCC3)nc2c(C)c1C. The minimum absolute atomic E-state index is 0.847. The summed E-state index contributed by atoms with van der Waals surface area (Å²) in [5, 5.41) is 4.43. The van der Waals surface area contributed by atoms with E-state index in [0.29, 0.717) is 0 Å². The first-order valence-electron chi connectivity index (χ1n) is 7.67. The van der Waals surface area contributed by atoms with Crippen molar-refractivity contribution in [3.63, 3.8) is 0 Å². The first-order chi connectivity index (χ1) is 10.7. The largest absolute Gasteiger partial charge is 0.496 e. The van der Waals surface area contributed by atoms with Crippen LogP contribution in [0, 0.1) is 13.8 Å². The van der Waals surface area contributed by atoms with Crippen LogP contribution in [-0.2, 0) is 4.74 Å². The number of fused-ring (bicyclic) bond motifs is 1. The number of aromatic nitrogens is 1. The molecule has 3 rings (SSSR count). The molecule has 1 aromatic carbocycles.